The highest BCUT2D eigenvalue weighted by Gasteiger charge is 2.07. The van der Waals surface area contributed by atoms with Gasteiger partial charge >= 0.3 is 0 Å². The standard InChI is InChI=1S/C10H14N2O3/c11-4-1-5-12-10(15)7-2-3-8(13)9(14)6-7/h2-3,6,13-14H,1,4-5,11H2,(H,12,15). The average Bonchev–Trinajstić information content (AvgIpc) is 2.22. The van der Waals surface area contributed by atoms with Crippen LogP contribution in [0, 0.1) is 0 Å². The lowest BCUT2D eigenvalue weighted by Crippen LogP contribution is -2.25. The van der Waals surface area contributed by atoms with E-state index in [2.05, 4.69) is 5.32 Å². The number of amides is 1. The molecule has 0 fully saturated rings. The summed E-state index contributed by atoms with van der Waals surface area (Å²) < 4.78 is 0. The molecule has 82 valence electrons. The Morgan fingerprint density at radius 3 is 2.67 bits per heavy atom. The monoisotopic (exact) mass is 210 g/mol. The van der Waals surface area contributed by atoms with Crippen molar-refractivity contribution in [3.05, 3.63) is 23.8 Å². The molecule has 1 aromatic rings. The van der Waals surface area contributed by atoms with Gasteiger partial charge in [0.1, 0.15) is 0 Å². The van der Waals surface area contributed by atoms with Crippen molar-refractivity contribution in [3.8, 4) is 11.5 Å². The first-order chi connectivity index (χ1) is 7.15. The third-order valence-corrected chi connectivity index (χ3v) is 1.90. The van der Waals surface area contributed by atoms with Crippen LogP contribution in [-0.2, 0) is 0 Å². The molecule has 1 rings (SSSR count). The minimum absolute atomic E-state index is 0.242. The van der Waals surface area contributed by atoms with Crippen molar-refractivity contribution < 1.29 is 15.0 Å². The van der Waals surface area contributed by atoms with Gasteiger partial charge in [-0.3, -0.25) is 4.79 Å². The molecule has 0 bridgehead atoms. The molecule has 0 aliphatic carbocycles. The molecule has 0 heterocycles. The number of carbonyl (C=O) groups excluding carboxylic acids is 1. The van der Waals surface area contributed by atoms with E-state index in [0.29, 0.717) is 25.1 Å². The number of phenolic OH excluding ortho intramolecular Hbond substituents is 2. The van der Waals surface area contributed by atoms with E-state index in [0.717, 1.165) is 0 Å². The van der Waals surface area contributed by atoms with Gasteiger partial charge in [0.15, 0.2) is 11.5 Å². The molecule has 1 amide bonds. The lowest BCUT2D eigenvalue weighted by Gasteiger charge is -2.05. The van der Waals surface area contributed by atoms with Crippen LogP contribution in [0.15, 0.2) is 18.2 Å². The Morgan fingerprint density at radius 1 is 1.33 bits per heavy atom. The molecule has 15 heavy (non-hydrogen) atoms. The molecule has 0 saturated carbocycles. The Balaban J connectivity index is 2.62. The fourth-order valence-electron chi connectivity index (χ4n) is 1.07. The molecule has 0 atom stereocenters. The Hall–Kier alpha value is -1.75. The van der Waals surface area contributed by atoms with E-state index in [9.17, 15) is 9.90 Å². The second-order valence-corrected chi connectivity index (χ2v) is 3.10. The van der Waals surface area contributed by atoms with Crippen molar-refractivity contribution in [2.45, 2.75) is 6.42 Å². The van der Waals surface area contributed by atoms with Crippen LogP contribution in [-0.4, -0.2) is 29.2 Å². The predicted molar refractivity (Wildman–Crippen MR) is 55.8 cm³/mol. The highest BCUT2D eigenvalue weighted by molar-refractivity contribution is 5.94. The summed E-state index contributed by atoms with van der Waals surface area (Å²) >= 11 is 0. The van der Waals surface area contributed by atoms with E-state index in [1.807, 2.05) is 0 Å². The molecule has 5 nitrogen and oxygen atoms in total. The Labute approximate surface area is 87.5 Å². The quantitative estimate of drug-likeness (QED) is 0.421. The number of carbonyl (C=O) groups is 1. The van der Waals surface area contributed by atoms with Crippen LogP contribution in [0.3, 0.4) is 0 Å². The highest BCUT2D eigenvalue weighted by atomic mass is 16.3. The van der Waals surface area contributed by atoms with Crippen LogP contribution in [0.2, 0.25) is 0 Å². The van der Waals surface area contributed by atoms with Crippen LogP contribution < -0.4 is 11.1 Å². The summed E-state index contributed by atoms with van der Waals surface area (Å²) in [6.07, 6.45) is 0.704. The maximum absolute atomic E-state index is 11.4. The van der Waals surface area contributed by atoms with Crippen LogP contribution in [0.1, 0.15) is 16.8 Å². The van der Waals surface area contributed by atoms with E-state index in [1.165, 1.54) is 18.2 Å². The topological polar surface area (TPSA) is 95.6 Å². The molecule has 0 spiro atoms. The van der Waals surface area contributed by atoms with E-state index in [1.54, 1.807) is 0 Å². The number of benzene rings is 1. The van der Waals surface area contributed by atoms with Crippen molar-refractivity contribution in [1.29, 1.82) is 0 Å². The highest BCUT2D eigenvalue weighted by Crippen LogP contribution is 2.24. The number of nitrogens with one attached hydrogen (secondary N) is 1. The van der Waals surface area contributed by atoms with Gasteiger partial charge in [-0.05, 0) is 31.2 Å². The SMILES string of the molecule is NCCCNC(=O)c1ccc(O)c(O)c1. The maximum atomic E-state index is 11.4. The normalized spacial score (nSPS) is 9.93. The molecule has 0 aromatic heterocycles. The Bertz CT molecular complexity index is 353. The predicted octanol–water partition coefficient (Wildman–Crippen LogP) is 0.176. The summed E-state index contributed by atoms with van der Waals surface area (Å²) in [4.78, 5) is 11.4. The first-order valence-corrected chi connectivity index (χ1v) is 4.65. The van der Waals surface area contributed by atoms with E-state index >= 15 is 0 Å². The first kappa shape index (κ1) is 11.3. The van der Waals surface area contributed by atoms with E-state index < -0.39 is 0 Å². The number of phenols is 2. The third kappa shape index (κ3) is 3.14. The molecule has 0 radical (unpaired) electrons. The molecule has 0 saturated heterocycles. The summed E-state index contributed by atoms with van der Waals surface area (Å²) in [5.74, 6) is -0.839. The lowest BCUT2D eigenvalue weighted by atomic mass is 10.2. The van der Waals surface area contributed by atoms with Crippen molar-refractivity contribution in [2.75, 3.05) is 13.1 Å². The molecule has 0 aliphatic heterocycles. The maximum Gasteiger partial charge on any atom is 0.251 e. The second-order valence-electron chi connectivity index (χ2n) is 3.10. The fraction of sp³-hybridized carbons (Fsp3) is 0.300. The Kier molecular flexibility index (Phi) is 3.93. The van der Waals surface area contributed by atoms with Gasteiger partial charge in [0.05, 0.1) is 0 Å². The molecular formula is C10H14N2O3. The van der Waals surface area contributed by atoms with Gasteiger partial charge in [0.2, 0.25) is 0 Å². The number of nitrogens with two attached hydrogens (primary N) is 1. The minimum atomic E-state index is -0.304. The summed E-state index contributed by atoms with van der Waals surface area (Å²) in [5, 5.41) is 20.8. The first-order valence-electron chi connectivity index (χ1n) is 4.65. The van der Waals surface area contributed by atoms with Gasteiger partial charge in [-0.1, -0.05) is 0 Å². The second kappa shape index (κ2) is 5.21. The average molecular weight is 210 g/mol. The van der Waals surface area contributed by atoms with Crippen LogP contribution >= 0.6 is 0 Å². The summed E-state index contributed by atoms with van der Waals surface area (Å²) in [6, 6.07) is 3.92. The Morgan fingerprint density at radius 2 is 2.07 bits per heavy atom. The van der Waals surface area contributed by atoms with Crippen molar-refractivity contribution in [3.63, 3.8) is 0 Å². The zero-order valence-corrected chi connectivity index (χ0v) is 8.23. The third-order valence-electron chi connectivity index (χ3n) is 1.90. The lowest BCUT2D eigenvalue weighted by molar-refractivity contribution is 0.0953. The number of aromatic hydroxyl groups is 2. The van der Waals surface area contributed by atoms with Crippen molar-refractivity contribution in [1.82, 2.24) is 5.32 Å². The smallest absolute Gasteiger partial charge is 0.251 e. The summed E-state index contributed by atoms with van der Waals surface area (Å²) in [6.45, 7) is 1.01. The van der Waals surface area contributed by atoms with Crippen molar-refractivity contribution >= 4 is 5.91 Å². The van der Waals surface area contributed by atoms with Crippen LogP contribution in [0.25, 0.3) is 0 Å². The van der Waals surface area contributed by atoms with Gasteiger partial charge in [0.25, 0.3) is 5.91 Å². The van der Waals surface area contributed by atoms with Gasteiger partial charge < -0.3 is 21.3 Å². The summed E-state index contributed by atoms with van der Waals surface area (Å²) in [5.41, 5.74) is 5.58. The van der Waals surface area contributed by atoms with Crippen LogP contribution in [0.4, 0.5) is 0 Å². The van der Waals surface area contributed by atoms with Gasteiger partial charge in [0, 0.05) is 12.1 Å². The van der Waals surface area contributed by atoms with Gasteiger partial charge in [-0.2, -0.15) is 0 Å². The van der Waals surface area contributed by atoms with Crippen molar-refractivity contribution in [2.24, 2.45) is 5.73 Å². The summed E-state index contributed by atoms with van der Waals surface area (Å²) in [7, 11) is 0. The molecule has 0 unspecified atom stereocenters. The molecule has 0 aliphatic rings. The fourth-order valence-corrected chi connectivity index (χ4v) is 1.07. The molecule has 1 aromatic carbocycles. The van der Waals surface area contributed by atoms with Crippen LogP contribution in [0.5, 0.6) is 11.5 Å². The zero-order chi connectivity index (χ0) is 11.3. The van der Waals surface area contributed by atoms with Gasteiger partial charge in [-0.25, -0.2) is 0 Å². The molecule has 5 heteroatoms. The molecule has 5 N–H and O–H groups in total. The van der Waals surface area contributed by atoms with Gasteiger partial charge in [-0.15, -0.1) is 0 Å². The van der Waals surface area contributed by atoms with E-state index in [4.69, 9.17) is 10.8 Å². The number of rotatable bonds is 4. The zero-order valence-electron chi connectivity index (χ0n) is 8.23. The number of hydrogen-bond acceptors (Lipinski definition) is 4. The largest absolute Gasteiger partial charge is 0.504 e. The molecular weight excluding hydrogens is 196 g/mol. The minimum Gasteiger partial charge on any atom is -0.504 e. The van der Waals surface area contributed by atoms with E-state index in [-0.39, 0.29) is 17.4 Å². The number of hydrogen-bond donors (Lipinski definition) is 4.